The van der Waals surface area contributed by atoms with Gasteiger partial charge in [-0.1, -0.05) is 50.2 Å². The van der Waals surface area contributed by atoms with Gasteiger partial charge < -0.3 is 0 Å². The van der Waals surface area contributed by atoms with E-state index in [9.17, 15) is 8.42 Å². The second-order valence-corrected chi connectivity index (χ2v) is 9.26. The molecule has 0 saturated carbocycles. The molecule has 0 aromatic heterocycles. The predicted octanol–water partition coefficient (Wildman–Crippen LogP) is 4.25. The minimum atomic E-state index is -3.29. The van der Waals surface area contributed by atoms with E-state index < -0.39 is 9.84 Å². The first-order valence-electron chi connectivity index (χ1n) is 9.66. The first-order valence-corrected chi connectivity index (χ1v) is 11.3. The lowest BCUT2D eigenvalue weighted by Gasteiger charge is -2.27. The Labute approximate surface area is 158 Å². The van der Waals surface area contributed by atoms with Gasteiger partial charge in [0, 0.05) is 6.04 Å². The monoisotopic (exact) mass is 371 g/mol. The average molecular weight is 372 g/mol. The third-order valence-corrected chi connectivity index (χ3v) is 6.88. The van der Waals surface area contributed by atoms with Crippen LogP contribution in [0.5, 0.6) is 0 Å². The Morgan fingerprint density at radius 1 is 0.923 bits per heavy atom. The molecule has 1 aliphatic rings. The highest BCUT2D eigenvalue weighted by Crippen LogP contribution is 2.28. The molecule has 3 nitrogen and oxygen atoms in total. The molecule has 0 radical (unpaired) electrons. The number of sulfone groups is 1. The largest absolute Gasteiger partial charge is 0.300 e. The SMILES string of the molecule is CCCN(CCC)[C@H]1Cc2ccc(CS(=O)(=O)c3ccccc3)cc2C1. The Morgan fingerprint density at radius 3 is 2.23 bits per heavy atom. The van der Waals surface area contributed by atoms with Crippen LogP contribution >= 0.6 is 0 Å². The van der Waals surface area contributed by atoms with E-state index >= 15 is 0 Å². The van der Waals surface area contributed by atoms with Gasteiger partial charge in [0.25, 0.3) is 0 Å². The minimum absolute atomic E-state index is 0.0720. The topological polar surface area (TPSA) is 37.4 Å². The molecular weight excluding hydrogens is 342 g/mol. The Bertz CT molecular complexity index is 824. The van der Waals surface area contributed by atoms with Crippen molar-refractivity contribution in [3.63, 3.8) is 0 Å². The third-order valence-electron chi connectivity index (χ3n) is 5.18. The van der Waals surface area contributed by atoms with Crippen molar-refractivity contribution < 1.29 is 8.42 Å². The second kappa shape index (κ2) is 8.36. The Balaban J connectivity index is 1.75. The Morgan fingerprint density at radius 2 is 1.58 bits per heavy atom. The molecule has 0 heterocycles. The van der Waals surface area contributed by atoms with Crippen LogP contribution in [0.15, 0.2) is 53.4 Å². The summed E-state index contributed by atoms with van der Waals surface area (Å²) in [5.74, 6) is 0.0720. The zero-order chi connectivity index (χ0) is 18.6. The highest BCUT2D eigenvalue weighted by Gasteiger charge is 2.26. The van der Waals surface area contributed by atoms with Crippen molar-refractivity contribution in [1.82, 2.24) is 4.90 Å². The molecule has 0 bridgehead atoms. The van der Waals surface area contributed by atoms with Gasteiger partial charge in [-0.25, -0.2) is 8.42 Å². The molecule has 0 spiro atoms. The van der Waals surface area contributed by atoms with Gasteiger partial charge in [0.05, 0.1) is 10.6 Å². The van der Waals surface area contributed by atoms with Crippen molar-refractivity contribution in [3.05, 3.63) is 65.2 Å². The summed E-state index contributed by atoms with van der Waals surface area (Å²) in [6.07, 6.45) is 4.47. The van der Waals surface area contributed by atoms with E-state index in [0.717, 1.165) is 31.5 Å². The van der Waals surface area contributed by atoms with Crippen molar-refractivity contribution in [2.45, 2.75) is 56.2 Å². The molecule has 0 fully saturated rings. The molecule has 0 aliphatic heterocycles. The van der Waals surface area contributed by atoms with Crippen molar-refractivity contribution in [2.24, 2.45) is 0 Å². The number of benzene rings is 2. The van der Waals surface area contributed by atoms with Crippen molar-refractivity contribution in [1.29, 1.82) is 0 Å². The molecule has 26 heavy (non-hydrogen) atoms. The van der Waals surface area contributed by atoms with Crippen LogP contribution in [0, 0.1) is 0 Å². The second-order valence-electron chi connectivity index (χ2n) is 7.27. The van der Waals surface area contributed by atoms with Gasteiger partial charge in [-0.05, 0) is 67.6 Å². The molecule has 1 aliphatic carbocycles. The fourth-order valence-electron chi connectivity index (χ4n) is 3.98. The summed E-state index contributed by atoms with van der Waals surface area (Å²) < 4.78 is 25.3. The molecule has 0 amide bonds. The van der Waals surface area contributed by atoms with Crippen molar-refractivity contribution in [3.8, 4) is 0 Å². The maximum Gasteiger partial charge on any atom is 0.182 e. The van der Waals surface area contributed by atoms with E-state index in [-0.39, 0.29) is 5.75 Å². The van der Waals surface area contributed by atoms with E-state index in [2.05, 4.69) is 30.9 Å². The number of hydrogen-bond donors (Lipinski definition) is 0. The van der Waals surface area contributed by atoms with Gasteiger partial charge in [-0.15, -0.1) is 0 Å². The lowest BCUT2D eigenvalue weighted by atomic mass is 10.1. The van der Waals surface area contributed by atoms with Crippen LogP contribution in [0.3, 0.4) is 0 Å². The van der Waals surface area contributed by atoms with Crippen molar-refractivity contribution in [2.75, 3.05) is 13.1 Å². The smallest absolute Gasteiger partial charge is 0.182 e. The number of fused-ring (bicyclic) bond motifs is 1. The molecule has 1 atom stereocenters. The van der Waals surface area contributed by atoms with Crippen LogP contribution < -0.4 is 0 Å². The molecule has 0 unspecified atom stereocenters. The summed E-state index contributed by atoms with van der Waals surface area (Å²) in [6, 6.07) is 15.5. The summed E-state index contributed by atoms with van der Waals surface area (Å²) in [5.41, 5.74) is 3.60. The summed E-state index contributed by atoms with van der Waals surface area (Å²) in [6.45, 7) is 6.75. The molecular formula is C22H29NO2S. The van der Waals surface area contributed by atoms with Gasteiger partial charge in [0.15, 0.2) is 9.84 Å². The van der Waals surface area contributed by atoms with E-state index in [1.54, 1.807) is 24.3 Å². The van der Waals surface area contributed by atoms with Crippen LogP contribution in [0.25, 0.3) is 0 Å². The fourth-order valence-corrected chi connectivity index (χ4v) is 5.34. The minimum Gasteiger partial charge on any atom is -0.300 e. The van der Waals surface area contributed by atoms with Gasteiger partial charge >= 0.3 is 0 Å². The van der Waals surface area contributed by atoms with E-state index in [4.69, 9.17) is 0 Å². The standard InChI is InChI=1S/C22H29NO2S/c1-3-12-23(13-4-2)21-15-19-11-10-18(14-20(19)16-21)17-26(24,25)22-8-6-5-7-9-22/h5-11,14,21H,3-4,12-13,15-17H2,1-2H3/t21-/m0/s1. The molecule has 2 aromatic carbocycles. The Hall–Kier alpha value is -1.65. The quantitative estimate of drug-likeness (QED) is 0.696. The average Bonchev–Trinajstić information content (AvgIpc) is 3.05. The Kier molecular flexibility index (Phi) is 6.15. The van der Waals surface area contributed by atoms with Crippen LogP contribution in [0.1, 0.15) is 43.4 Å². The van der Waals surface area contributed by atoms with Gasteiger partial charge in [0.2, 0.25) is 0 Å². The van der Waals surface area contributed by atoms with Crippen LogP contribution in [-0.2, 0) is 28.4 Å². The first-order chi connectivity index (χ1) is 12.5. The zero-order valence-electron chi connectivity index (χ0n) is 15.8. The summed E-state index contributed by atoms with van der Waals surface area (Å²) in [4.78, 5) is 3.00. The summed E-state index contributed by atoms with van der Waals surface area (Å²) in [7, 11) is -3.29. The first kappa shape index (κ1) is 19.1. The normalized spacial score (nSPS) is 16.8. The number of nitrogens with zero attached hydrogens (tertiary/aromatic N) is 1. The maximum absolute atomic E-state index is 12.6. The lowest BCUT2D eigenvalue weighted by molar-refractivity contribution is 0.202. The van der Waals surface area contributed by atoms with Crippen LogP contribution in [0.4, 0.5) is 0 Å². The van der Waals surface area contributed by atoms with Gasteiger partial charge in [-0.3, -0.25) is 4.90 Å². The van der Waals surface area contributed by atoms with Crippen LogP contribution in [0.2, 0.25) is 0 Å². The number of rotatable bonds is 8. The van der Waals surface area contributed by atoms with E-state index in [1.165, 1.54) is 24.0 Å². The molecule has 140 valence electrons. The molecule has 0 N–H and O–H groups in total. The summed E-state index contributed by atoms with van der Waals surface area (Å²) in [5, 5.41) is 0. The van der Waals surface area contributed by atoms with E-state index in [1.807, 2.05) is 12.1 Å². The summed E-state index contributed by atoms with van der Waals surface area (Å²) >= 11 is 0. The zero-order valence-corrected chi connectivity index (χ0v) is 16.6. The van der Waals surface area contributed by atoms with Crippen molar-refractivity contribution >= 4 is 9.84 Å². The lowest BCUT2D eigenvalue weighted by Crippen LogP contribution is -2.37. The molecule has 4 heteroatoms. The highest BCUT2D eigenvalue weighted by atomic mass is 32.2. The molecule has 3 rings (SSSR count). The molecule has 2 aromatic rings. The fraction of sp³-hybridized carbons (Fsp3) is 0.455. The third kappa shape index (κ3) is 4.36. The molecule has 0 saturated heterocycles. The van der Waals surface area contributed by atoms with Gasteiger partial charge in [0.1, 0.15) is 0 Å². The number of hydrogen-bond acceptors (Lipinski definition) is 3. The van der Waals surface area contributed by atoms with Gasteiger partial charge in [-0.2, -0.15) is 0 Å². The highest BCUT2D eigenvalue weighted by molar-refractivity contribution is 7.90. The maximum atomic E-state index is 12.6. The van der Waals surface area contributed by atoms with E-state index in [0.29, 0.717) is 10.9 Å². The predicted molar refractivity (Wildman–Crippen MR) is 107 cm³/mol. The van der Waals surface area contributed by atoms with Crippen LogP contribution in [-0.4, -0.2) is 32.4 Å².